The first-order valence-corrected chi connectivity index (χ1v) is 13.4. The van der Waals surface area contributed by atoms with Gasteiger partial charge in [0.25, 0.3) is 0 Å². The van der Waals surface area contributed by atoms with Crippen molar-refractivity contribution in [3.8, 4) is 11.5 Å². The number of ether oxygens (including phenoxy) is 1. The van der Waals surface area contributed by atoms with Crippen molar-refractivity contribution >= 4 is 39.3 Å². The van der Waals surface area contributed by atoms with E-state index in [0.717, 1.165) is 28.4 Å². The molecule has 6 nitrogen and oxygen atoms in total. The SMILES string of the molecule is CN1[CH-]N(c2[c-]c(Oc3[c-]c(N4[CH-]N(C)C(C)(C)c5ccccc54)ccc3)ccc2)c2cc3ccn(C)c3cc21.[Pt+4]. The maximum Gasteiger partial charge on any atom is 4.00 e. The Hall–Kier alpha value is -3.73. The third-order valence-electron chi connectivity index (χ3n) is 8.15. The van der Waals surface area contributed by atoms with Crippen molar-refractivity contribution in [1.29, 1.82) is 0 Å². The zero-order valence-corrected chi connectivity index (χ0v) is 26.0. The minimum atomic E-state index is -0.109. The number of anilines is 5. The predicted molar refractivity (Wildman–Crippen MR) is 162 cm³/mol. The summed E-state index contributed by atoms with van der Waals surface area (Å²) in [6.07, 6.45) is 2.10. The number of para-hydroxylation sites is 1. The zero-order valence-electron chi connectivity index (χ0n) is 23.7. The van der Waals surface area contributed by atoms with Crippen LogP contribution in [0.1, 0.15) is 19.4 Å². The average Bonchev–Trinajstić information content (AvgIpc) is 3.49. The van der Waals surface area contributed by atoms with Gasteiger partial charge in [-0.05, 0) is 57.8 Å². The largest absolute Gasteiger partial charge is 4.00 e. The van der Waals surface area contributed by atoms with Crippen LogP contribution in [-0.4, -0.2) is 23.6 Å². The van der Waals surface area contributed by atoms with Crippen molar-refractivity contribution in [1.82, 2.24) is 9.47 Å². The average molecular weight is 721 g/mol. The molecule has 0 amide bonds. The maximum atomic E-state index is 6.33. The molecular weight excluding hydrogens is 689 g/mol. The van der Waals surface area contributed by atoms with Crippen LogP contribution in [0.4, 0.5) is 28.4 Å². The first-order chi connectivity index (χ1) is 19.3. The smallest absolute Gasteiger partial charge is 0.509 e. The summed E-state index contributed by atoms with van der Waals surface area (Å²) in [5, 5.41) is 1.21. The molecule has 0 atom stereocenters. The van der Waals surface area contributed by atoms with Crippen molar-refractivity contribution < 1.29 is 25.8 Å². The van der Waals surface area contributed by atoms with E-state index in [0.29, 0.717) is 11.5 Å². The molecule has 5 aromatic rings. The van der Waals surface area contributed by atoms with E-state index < -0.39 is 0 Å². The molecule has 208 valence electrons. The molecule has 0 spiro atoms. The molecule has 0 fully saturated rings. The van der Waals surface area contributed by atoms with Gasteiger partial charge in [-0.1, -0.05) is 18.2 Å². The monoisotopic (exact) mass is 720 g/mol. The molecule has 2 aliphatic heterocycles. The topological polar surface area (TPSA) is 27.1 Å². The standard InChI is InChI=1S/C34H31N5O.Pt/c1-34(2)29-14-6-7-15-30(29)39(23-37(34)5)26-11-9-13-28(20-26)40-27-12-8-10-25(19-27)38-22-36(4)32-21-31-24(18-33(32)38)16-17-35(31)3;/h6-18,21-23H,1-5H3;/q-4;+4. The number of nitrogens with zero attached hydrogens (tertiary/aromatic N) is 5. The molecule has 0 saturated heterocycles. The summed E-state index contributed by atoms with van der Waals surface area (Å²) in [6.45, 7) is 8.70. The van der Waals surface area contributed by atoms with Gasteiger partial charge in [0.1, 0.15) is 0 Å². The Morgan fingerprint density at radius 2 is 1.37 bits per heavy atom. The number of hydrogen-bond donors (Lipinski definition) is 0. The summed E-state index contributed by atoms with van der Waals surface area (Å²) in [4.78, 5) is 8.71. The summed E-state index contributed by atoms with van der Waals surface area (Å²) in [6, 6.07) is 34.1. The van der Waals surface area contributed by atoms with E-state index in [1.165, 1.54) is 16.5 Å². The van der Waals surface area contributed by atoms with Crippen LogP contribution in [0, 0.1) is 25.5 Å². The van der Waals surface area contributed by atoms with Gasteiger partial charge < -0.3 is 28.9 Å². The van der Waals surface area contributed by atoms with Gasteiger partial charge in [0.15, 0.2) is 0 Å². The molecule has 0 radical (unpaired) electrons. The predicted octanol–water partition coefficient (Wildman–Crippen LogP) is 7.71. The molecule has 2 aliphatic rings. The summed E-state index contributed by atoms with van der Waals surface area (Å²) >= 11 is 0. The Kier molecular flexibility index (Phi) is 6.87. The number of aryl methyl sites for hydroxylation is 1. The molecule has 0 saturated carbocycles. The number of aromatic nitrogens is 1. The van der Waals surface area contributed by atoms with Gasteiger partial charge in [-0.25, -0.2) is 0 Å². The van der Waals surface area contributed by atoms with Crippen molar-refractivity contribution in [3.63, 3.8) is 0 Å². The summed E-state index contributed by atoms with van der Waals surface area (Å²) < 4.78 is 8.48. The summed E-state index contributed by atoms with van der Waals surface area (Å²) in [7, 11) is 6.26. The number of hydrogen-bond acceptors (Lipinski definition) is 5. The molecule has 4 aromatic carbocycles. The summed E-state index contributed by atoms with van der Waals surface area (Å²) in [5.74, 6) is 1.27. The van der Waals surface area contributed by atoms with Crippen LogP contribution >= 0.6 is 0 Å². The third-order valence-corrected chi connectivity index (χ3v) is 8.15. The Morgan fingerprint density at radius 1 is 0.707 bits per heavy atom. The quantitative estimate of drug-likeness (QED) is 0.178. The van der Waals surface area contributed by atoms with Crippen LogP contribution in [-0.2, 0) is 33.7 Å². The fourth-order valence-corrected chi connectivity index (χ4v) is 5.61. The number of fused-ring (bicyclic) bond motifs is 3. The molecule has 41 heavy (non-hydrogen) atoms. The molecule has 3 heterocycles. The minimum absolute atomic E-state index is 0. The van der Waals surface area contributed by atoms with E-state index >= 15 is 0 Å². The van der Waals surface area contributed by atoms with E-state index in [-0.39, 0.29) is 26.6 Å². The molecule has 0 aliphatic carbocycles. The second-order valence-corrected chi connectivity index (χ2v) is 11.0. The van der Waals surface area contributed by atoms with Crippen LogP contribution < -0.4 is 19.4 Å². The van der Waals surface area contributed by atoms with Crippen LogP contribution in [0.2, 0.25) is 0 Å². The molecule has 7 rings (SSSR count). The molecule has 7 heteroatoms. The van der Waals surface area contributed by atoms with Crippen molar-refractivity contribution in [2.24, 2.45) is 7.05 Å². The van der Waals surface area contributed by atoms with Gasteiger partial charge >= 0.3 is 21.1 Å². The van der Waals surface area contributed by atoms with Crippen LogP contribution in [0.15, 0.2) is 85.1 Å². The molecular formula is C34H31N5OPt. The van der Waals surface area contributed by atoms with Crippen LogP contribution in [0.25, 0.3) is 10.9 Å². The molecule has 0 unspecified atom stereocenters. The fraction of sp³-hybridized carbons (Fsp3) is 0.176. The zero-order chi connectivity index (χ0) is 27.6. The van der Waals surface area contributed by atoms with Crippen LogP contribution in [0.3, 0.4) is 0 Å². The Bertz CT molecular complexity index is 1740. The van der Waals surface area contributed by atoms with E-state index in [2.05, 4.69) is 145 Å². The van der Waals surface area contributed by atoms with Gasteiger partial charge in [0, 0.05) is 58.2 Å². The number of rotatable bonds is 4. The third kappa shape index (κ3) is 4.60. The Morgan fingerprint density at radius 3 is 2.07 bits per heavy atom. The van der Waals surface area contributed by atoms with E-state index in [9.17, 15) is 0 Å². The first-order valence-electron chi connectivity index (χ1n) is 13.4. The second-order valence-electron chi connectivity index (χ2n) is 11.0. The fourth-order valence-electron chi connectivity index (χ4n) is 5.61. The molecule has 1 aromatic heterocycles. The number of benzene rings is 4. The Balaban J connectivity index is 0.00000302. The van der Waals surface area contributed by atoms with E-state index in [4.69, 9.17) is 4.74 Å². The normalized spacial score (nSPS) is 16.0. The van der Waals surface area contributed by atoms with E-state index in [1.54, 1.807) is 0 Å². The van der Waals surface area contributed by atoms with Gasteiger partial charge in [-0.3, -0.25) is 0 Å². The van der Waals surface area contributed by atoms with E-state index in [1.807, 2.05) is 24.3 Å². The maximum absolute atomic E-state index is 6.33. The van der Waals surface area contributed by atoms with Crippen molar-refractivity contribution in [3.05, 3.63) is 116 Å². The van der Waals surface area contributed by atoms with Gasteiger partial charge in [0.05, 0.1) is 0 Å². The molecule has 0 bridgehead atoms. The van der Waals surface area contributed by atoms with Crippen molar-refractivity contribution in [2.45, 2.75) is 19.4 Å². The second kappa shape index (κ2) is 10.3. The van der Waals surface area contributed by atoms with Crippen molar-refractivity contribution in [2.75, 3.05) is 28.8 Å². The Labute approximate surface area is 256 Å². The van der Waals surface area contributed by atoms with Gasteiger partial charge in [-0.15, -0.1) is 47.8 Å². The van der Waals surface area contributed by atoms with Gasteiger partial charge in [0.2, 0.25) is 0 Å². The summed E-state index contributed by atoms with van der Waals surface area (Å²) in [5.41, 5.74) is 7.61. The van der Waals surface area contributed by atoms with Gasteiger partial charge in [-0.2, -0.15) is 25.5 Å². The first kappa shape index (κ1) is 27.4. The minimum Gasteiger partial charge on any atom is -0.509 e. The molecule has 0 N–H and O–H groups in total. The van der Waals surface area contributed by atoms with Crippen LogP contribution in [0.5, 0.6) is 11.5 Å².